The number of hydrogen-bond donors (Lipinski definition) is 0. The van der Waals surface area contributed by atoms with Gasteiger partial charge in [-0.3, -0.25) is 0 Å². The van der Waals surface area contributed by atoms with E-state index in [2.05, 4.69) is 30.4 Å². The Morgan fingerprint density at radius 3 is 2.69 bits per heavy atom. The fourth-order valence-electron chi connectivity index (χ4n) is 1.79. The van der Waals surface area contributed by atoms with Crippen molar-refractivity contribution in [2.45, 2.75) is 33.1 Å². The van der Waals surface area contributed by atoms with Crippen molar-refractivity contribution in [2.24, 2.45) is 11.3 Å². The van der Waals surface area contributed by atoms with Gasteiger partial charge in [0.15, 0.2) is 0 Å². The van der Waals surface area contributed by atoms with Gasteiger partial charge in [-0.05, 0) is 18.3 Å². The average Bonchev–Trinajstić information content (AvgIpc) is 2.41. The van der Waals surface area contributed by atoms with Gasteiger partial charge in [0.2, 0.25) is 0 Å². The molecule has 0 aromatic rings. The number of hydrogen-bond acceptors (Lipinski definition) is 2. The third-order valence-electron chi connectivity index (χ3n) is 2.79. The molecule has 1 fully saturated rings. The van der Waals surface area contributed by atoms with Crippen LogP contribution in [0.4, 0.5) is 0 Å². The van der Waals surface area contributed by atoms with Crippen molar-refractivity contribution in [2.75, 3.05) is 7.11 Å². The number of esters is 1. The summed E-state index contributed by atoms with van der Waals surface area (Å²) < 4.78 is 4.47. The monoisotopic (exact) mass is 180 g/mol. The maximum atomic E-state index is 10.8. The lowest BCUT2D eigenvalue weighted by atomic mass is 9.82. The summed E-state index contributed by atoms with van der Waals surface area (Å²) in [5.74, 6) is 5.44. The van der Waals surface area contributed by atoms with Gasteiger partial charge in [-0.1, -0.05) is 26.2 Å². The molecule has 2 heteroatoms. The normalized spacial score (nSPS) is 24.7. The first-order valence-electron chi connectivity index (χ1n) is 4.66. The van der Waals surface area contributed by atoms with E-state index in [0.29, 0.717) is 5.92 Å². The van der Waals surface area contributed by atoms with Gasteiger partial charge in [-0.25, -0.2) is 4.79 Å². The Labute approximate surface area is 79.7 Å². The van der Waals surface area contributed by atoms with E-state index in [1.807, 2.05) is 0 Å². The van der Waals surface area contributed by atoms with Crippen molar-refractivity contribution in [1.29, 1.82) is 0 Å². The Morgan fingerprint density at radius 2 is 2.23 bits per heavy atom. The second-order valence-electron chi connectivity index (χ2n) is 4.19. The lowest BCUT2D eigenvalue weighted by Crippen LogP contribution is -2.15. The summed E-state index contributed by atoms with van der Waals surface area (Å²) in [6.07, 6.45) is 3.53. The number of carbonyl (C=O) groups excluding carboxylic acids is 1. The summed E-state index contributed by atoms with van der Waals surface area (Å²) in [6, 6.07) is 0. The molecular weight excluding hydrogens is 164 g/mol. The molecule has 0 aromatic heterocycles. The summed E-state index contributed by atoms with van der Waals surface area (Å²) >= 11 is 0. The van der Waals surface area contributed by atoms with Gasteiger partial charge in [0.05, 0.1) is 7.11 Å². The first-order chi connectivity index (χ1) is 6.06. The first kappa shape index (κ1) is 10.1. The van der Waals surface area contributed by atoms with Gasteiger partial charge in [0, 0.05) is 11.8 Å². The second kappa shape index (κ2) is 3.83. The highest BCUT2D eigenvalue weighted by molar-refractivity contribution is 5.88. The van der Waals surface area contributed by atoms with E-state index in [9.17, 15) is 4.79 Å². The lowest BCUT2D eigenvalue weighted by Gasteiger charge is -2.21. The van der Waals surface area contributed by atoms with Crippen LogP contribution in [-0.2, 0) is 9.53 Å². The van der Waals surface area contributed by atoms with Crippen LogP contribution in [0.3, 0.4) is 0 Å². The predicted molar refractivity (Wildman–Crippen MR) is 50.9 cm³/mol. The molecule has 0 amide bonds. The highest BCUT2D eigenvalue weighted by atomic mass is 16.5. The summed E-state index contributed by atoms with van der Waals surface area (Å²) in [7, 11) is 1.36. The van der Waals surface area contributed by atoms with E-state index in [0.717, 1.165) is 6.42 Å². The van der Waals surface area contributed by atoms with Crippen LogP contribution in [0.1, 0.15) is 33.1 Å². The van der Waals surface area contributed by atoms with E-state index in [1.165, 1.54) is 20.0 Å². The van der Waals surface area contributed by atoms with Crippen LogP contribution in [0.2, 0.25) is 0 Å². The Morgan fingerprint density at radius 1 is 1.54 bits per heavy atom. The van der Waals surface area contributed by atoms with Gasteiger partial charge in [-0.2, -0.15) is 0 Å². The minimum atomic E-state index is -0.428. The summed E-state index contributed by atoms with van der Waals surface area (Å²) in [5, 5.41) is 0. The molecule has 0 radical (unpaired) electrons. The molecule has 1 aliphatic rings. The van der Waals surface area contributed by atoms with Crippen molar-refractivity contribution < 1.29 is 9.53 Å². The van der Waals surface area contributed by atoms with Crippen LogP contribution >= 0.6 is 0 Å². The molecule has 1 atom stereocenters. The highest BCUT2D eigenvalue weighted by Gasteiger charge is 2.33. The lowest BCUT2D eigenvalue weighted by molar-refractivity contribution is -0.133. The zero-order valence-corrected chi connectivity index (χ0v) is 8.52. The third kappa shape index (κ3) is 2.48. The third-order valence-corrected chi connectivity index (χ3v) is 2.79. The number of methoxy groups -OCH3 is 1. The van der Waals surface area contributed by atoms with Crippen LogP contribution in [0, 0.1) is 23.2 Å². The number of carbonyl (C=O) groups is 1. The van der Waals surface area contributed by atoms with Gasteiger partial charge in [-0.15, -0.1) is 0 Å². The minimum absolute atomic E-state index is 0.265. The zero-order chi connectivity index (χ0) is 9.90. The van der Waals surface area contributed by atoms with E-state index in [-0.39, 0.29) is 5.41 Å². The molecule has 0 aliphatic heterocycles. The Balaban J connectivity index is 2.62. The van der Waals surface area contributed by atoms with Crippen LogP contribution in [0.5, 0.6) is 0 Å². The smallest absolute Gasteiger partial charge is 0.384 e. The molecule has 1 aliphatic carbocycles. The fraction of sp³-hybridized carbons (Fsp3) is 0.727. The van der Waals surface area contributed by atoms with E-state index in [4.69, 9.17) is 0 Å². The van der Waals surface area contributed by atoms with Gasteiger partial charge >= 0.3 is 5.97 Å². The molecular formula is C11H16O2. The molecule has 2 nitrogen and oxygen atoms in total. The Kier molecular flexibility index (Phi) is 2.98. The van der Waals surface area contributed by atoms with Crippen LogP contribution in [-0.4, -0.2) is 13.1 Å². The molecule has 1 saturated carbocycles. The van der Waals surface area contributed by atoms with Crippen molar-refractivity contribution in [3.63, 3.8) is 0 Å². The van der Waals surface area contributed by atoms with E-state index in [1.54, 1.807) is 0 Å². The van der Waals surface area contributed by atoms with Gasteiger partial charge < -0.3 is 4.74 Å². The van der Waals surface area contributed by atoms with Crippen molar-refractivity contribution in [1.82, 2.24) is 0 Å². The van der Waals surface area contributed by atoms with Crippen molar-refractivity contribution in [3.05, 3.63) is 0 Å². The summed E-state index contributed by atoms with van der Waals surface area (Å²) in [4.78, 5) is 10.8. The molecule has 0 heterocycles. The SMILES string of the molecule is COC(=O)C#CC1CCCC1(C)C. The molecule has 0 bridgehead atoms. The molecule has 0 N–H and O–H groups in total. The maximum absolute atomic E-state index is 10.8. The molecule has 1 rings (SSSR count). The fourth-order valence-corrected chi connectivity index (χ4v) is 1.79. The standard InChI is InChI=1S/C11H16O2/c1-11(2)8-4-5-9(11)6-7-10(12)13-3/h9H,4-5,8H2,1-3H3. The highest BCUT2D eigenvalue weighted by Crippen LogP contribution is 2.41. The number of rotatable bonds is 0. The van der Waals surface area contributed by atoms with Gasteiger partial charge in [0.25, 0.3) is 0 Å². The molecule has 0 saturated heterocycles. The van der Waals surface area contributed by atoms with Crippen molar-refractivity contribution >= 4 is 5.97 Å². The summed E-state index contributed by atoms with van der Waals surface area (Å²) in [5.41, 5.74) is 0.265. The zero-order valence-electron chi connectivity index (χ0n) is 8.52. The Bertz CT molecular complexity index is 255. The van der Waals surface area contributed by atoms with E-state index >= 15 is 0 Å². The predicted octanol–water partition coefficient (Wildman–Crippen LogP) is 1.99. The second-order valence-corrected chi connectivity index (χ2v) is 4.19. The van der Waals surface area contributed by atoms with E-state index < -0.39 is 5.97 Å². The molecule has 1 unspecified atom stereocenters. The molecule has 0 aromatic carbocycles. The minimum Gasteiger partial charge on any atom is -0.459 e. The maximum Gasteiger partial charge on any atom is 0.384 e. The average molecular weight is 180 g/mol. The topological polar surface area (TPSA) is 26.3 Å². The molecule has 0 spiro atoms. The first-order valence-corrected chi connectivity index (χ1v) is 4.66. The quantitative estimate of drug-likeness (QED) is 0.324. The van der Waals surface area contributed by atoms with Crippen LogP contribution < -0.4 is 0 Å². The Hall–Kier alpha value is -0.970. The van der Waals surface area contributed by atoms with Crippen molar-refractivity contribution in [3.8, 4) is 11.8 Å². The van der Waals surface area contributed by atoms with Crippen LogP contribution in [0.25, 0.3) is 0 Å². The summed E-state index contributed by atoms with van der Waals surface area (Å²) in [6.45, 7) is 4.41. The van der Waals surface area contributed by atoms with Crippen LogP contribution in [0.15, 0.2) is 0 Å². The largest absolute Gasteiger partial charge is 0.459 e. The van der Waals surface area contributed by atoms with Gasteiger partial charge in [0.1, 0.15) is 0 Å². The molecule has 13 heavy (non-hydrogen) atoms. The molecule has 72 valence electrons. The number of ether oxygens (including phenoxy) is 1.